The number of amides is 1. The van der Waals surface area contributed by atoms with Gasteiger partial charge in [0.15, 0.2) is 0 Å². The number of aryl methyl sites for hydroxylation is 1. The minimum Gasteiger partial charge on any atom is -0.345 e. The summed E-state index contributed by atoms with van der Waals surface area (Å²) in [7, 11) is -3.12. The Balaban J connectivity index is 2.26. The fourth-order valence-electron chi connectivity index (χ4n) is 2.31. The summed E-state index contributed by atoms with van der Waals surface area (Å²) in [5.41, 5.74) is 0.217. The number of nitriles is 1. The lowest BCUT2D eigenvalue weighted by atomic mass is 10.2. The number of hydrogen-bond donors (Lipinski definition) is 2. The number of aromatic nitrogens is 2. The van der Waals surface area contributed by atoms with Crippen LogP contribution in [0.5, 0.6) is 0 Å². The van der Waals surface area contributed by atoms with E-state index in [0.717, 1.165) is 12.3 Å². The van der Waals surface area contributed by atoms with Gasteiger partial charge in [-0.25, -0.2) is 13.4 Å². The monoisotopic (exact) mass is 415 g/mol. The predicted molar refractivity (Wildman–Crippen MR) is 92.8 cm³/mol. The molecular weight excluding hydrogens is 399 g/mol. The number of pyridine rings is 1. The van der Waals surface area contributed by atoms with Crippen LogP contribution in [0.25, 0.3) is 0 Å². The molecule has 1 atom stereocenters. The van der Waals surface area contributed by atoms with Crippen molar-refractivity contribution in [1.29, 1.82) is 5.26 Å². The van der Waals surface area contributed by atoms with E-state index < -0.39 is 39.5 Å². The molecule has 0 bridgehead atoms. The molecule has 150 valence electrons. The normalized spacial score (nSPS) is 13.0. The van der Waals surface area contributed by atoms with E-state index in [9.17, 15) is 26.4 Å². The first-order valence-corrected chi connectivity index (χ1v) is 9.39. The molecule has 2 N–H and O–H groups in total. The highest BCUT2D eigenvalue weighted by Crippen LogP contribution is 2.25. The Hall–Kier alpha value is -2.91. The Morgan fingerprint density at radius 1 is 1.39 bits per heavy atom. The summed E-state index contributed by atoms with van der Waals surface area (Å²) in [5.74, 6) is -0.707. The molecule has 12 heteroatoms. The summed E-state index contributed by atoms with van der Waals surface area (Å²) in [6.45, 7) is 1.20. The summed E-state index contributed by atoms with van der Waals surface area (Å²) < 4.78 is 65.9. The van der Waals surface area contributed by atoms with Gasteiger partial charge >= 0.3 is 6.18 Å². The molecule has 1 amide bonds. The Morgan fingerprint density at radius 2 is 2.07 bits per heavy atom. The molecule has 2 aromatic heterocycles. The van der Waals surface area contributed by atoms with Gasteiger partial charge < -0.3 is 9.88 Å². The largest absolute Gasteiger partial charge is 0.404 e. The fraction of sp³-hybridized carbons (Fsp3) is 0.312. The highest BCUT2D eigenvalue weighted by Gasteiger charge is 2.41. The predicted octanol–water partition coefficient (Wildman–Crippen LogP) is 2.16. The molecule has 0 aliphatic heterocycles. The maximum Gasteiger partial charge on any atom is 0.404 e. The number of nitrogens with one attached hydrogen (secondary N) is 2. The van der Waals surface area contributed by atoms with E-state index in [-0.39, 0.29) is 17.1 Å². The summed E-state index contributed by atoms with van der Waals surface area (Å²) in [4.78, 5) is 15.7. The maximum atomic E-state index is 12.9. The van der Waals surface area contributed by atoms with Crippen molar-refractivity contribution in [2.45, 2.75) is 30.5 Å². The van der Waals surface area contributed by atoms with Crippen LogP contribution in [0.2, 0.25) is 0 Å². The average molecular weight is 415 g/mol. The number of anilines is 1. The molecule has 0 aliphatic carbocycles. The third-order valence-corrected chi connectivity index (χ3v) is 5.19. The summed E-state index contributed by atoms with van der Waals surface area (Å²) >= 11 is 0. The SMILES string of the molecule is CCC(NS(=O)(=O)c1cc(C(=O)Nc2ccnc(C#N)c2)n(C)c1)C(F)(F)F. The van der Waals surface area contributed by atoms with Gasteiger partial charge in [0.2, 0.25) is 10.0 Å². The van der Waals surface area contributed by atoms with Crippen LogP contribution in [0.1, 0.15) is 29.5 Å². The van der Waals surface area contributed by atoms with Gasteiger partial charge in [0, 0.05) is 25.1 Å². The smallest absolute Gasteiger partial charge is 0.345 e. The molecule has 0 saturated heterocycles. The summed E-state index contributed by atoms with van der Waals surface area (Å²) in [6.07, 6.45) is -2.88. The second-order valence-corrected chi connectivity index (χ2v) is 7.51. The van der Waals surface area contributed by atoms with Crippen molar-refractivity contribution in [3.8, 4) is 6.07 Å². The zero-order chi connectivity index (χ0) is 21.1. The summed E-state index contributed by atoms with van der Waals surface area (Å²) in [5, 5.41) is 11.3. The van der Waals surface area contributed by atoms with E-state index in [4.69, 9.17) is 5.26 Å². The van der Waals surface area contributed by atoms with Crippen LogP contribution in [0, 0.1) is 11.3 Å². The van der Waals surface area contributed by atoms with Crippen molar-refractivity contribution in [3.05, 3.63) is 42.0 Å². The maximum absolute atomic E-state index is 12.9. The quantitative estimate of drug-likeness (QED) is 0.750. The molecule has 0 spiro atoms. The number of hydrogen-bond acceptors (Lipinski definition) is 5. The first kappa shape index (κ1) is 21.4. The second kappa shape index (κ2) is 7.99. The molecule has 2 heterocycles. The molecule has 2 aromatic rings. The van der Waals surface area contributed by atoms with E-state index in [2.05, 4.69) is 10.3 Å². The molecule has 2 rings (SSSR count). The average Bonchev–Trinajstić information content (AvgIpc) is 3.01. The Morgan fingerprint density at radius 3 is 2.64 bits per heavy atom. The second-order valence-electron chi connectivity index (χ2n) is 5.79. The molecule has 1 unspecified atom stereocenters. The minimum atomic E-state index is -4.74. The zero-order valence-electron chi connectivity index (χ0n) is 14.8. The first-order chi connectivity index (χ1) is 13.0. The topological polar surface area (TPSA) is 117 Å². The molecule has 0 saturated carbocycles. The number of carbonyl (C=O) groups is 1. The summed E-state index contributed by atoms with van der Waals surface area (Å²) in [6, 6.07) is 3.27. The van der Waals surface area contributed by atoms with Crippen LogP contribution in [0.4, 0.5) is 18.9 Å². The van der Waals surface area contributed by atoms with E-state index in [1.807, 2.05) is 0 Å². The van der Waals surface area contributed by atoms with Crippen LogP contribution in [0.15, 0.2) is 35.5 Å². The number of alkyl halides is 3. The van der Waals surface area contributed by atoms with Crippen LogP contribution in [-0.2, 0) is 17.1 Å². The first-order valence-electron chi connectivity index (χ1n) is 7.91. The Bertz CT molecular complexity index is 1020. The van der Waals surface area contributed by atoms with Crippen LogP contribution in [-0.4, -0.2) is 36.1 Å². The number of halogens is 3. The van der Waals surface area contributed by atoms with Crippen molar-refractivity contribution in [2.75, 3.05) is 5.32 Å². The number of rotatable bonds is 6. The zero-order valence-corrected chi connectivity index (χ0v) is 15.6. The number of carbonyl (C=O) groups excluding carboxylic acids is 1. The van der Waals surface area contributed by atoms with Gasteiger partial charge in [0.05, 0.1) is 0 Å². The fourth-order valence-corrected chi connectivity index (χ4v) is 3.68. The molecule has 28 heavy (non-hydrogen) atoms. The highest BCUT2D eigenvalue weighted by atomic mass is 32.2. The van der Waals surface area contributed by atoms with Gasteiger partial charge in [0.25, 0.3) is 5.91 Å². The van der Waals surface area contributed by atoms with Gasteiger partial charge in [-0.2, -0.15) is 23.2 Å². The standard InChI is InChI=1S/C16H16F3N5O3S/c1-3-14(16(17,18)19)23-28(26,27)12-7-13(24(2)9-12)15(25)22-10-4-5-21-11(6-10)8-20/h4-7,9,14,23H,3H2,1-2H3,(H,21,22,25). The number of sulfonamides is 1. The molecule has 0 fully saturated rings. The molecule has 8 nitrogen and oxygen atoms in total. The lowest BCUT2D eigenvalue weighted by molar-refractivity contribution is -0.151. The van der Waals surface area contributed by atoms with Crippen molar-refractivity contribution < 1.29 is 26.4 Å². The van der Waals surface area contributed by atoms with E-state index in [0.29, 0.717) is 0 Å². The lowest BCUT2D eigenvalue weighted by Crippen LogP contribution is -2.44. The van der Waals surface area contributed by atoms with Gasteiger partial charge in [-0.1, -0.05) is 6.92 Å². The van der Waals surface area contributed by atoms with Crippen molar-refractivity contribution >= 4 is 21.6 Å². The van der Waals surface area contributed by atoms with E-state index >= 15 is 0 Å². The molecule has 0 aliphatic rings. The lowest BCUT2D eigenvalue weighted by Gasteiger charge is -2.19. The number of nitrogens with zero attached hydrogens (tertiary/aromatic N) is 3. The van der Waals surface area contributed by atoms with Crippen LogP contribution >= 0.6 is 0 Å². The Kier molecular flexibility index (Phi) is 6.10. The van der Waals surface area contributed by atoms with Crippen molar-refractivity contribution in [2.24, 2.45) is 7.05 Å². The van der Waals surface area contributed by atoms with Gasteiger partial charge in [-0.15, -0.1) is 0 Å². The van der Waals surface area contributed by atoms with E-state index in [1.54, 1.807) is 10.8 Å². The van der Waals surface area contributed by atoms with Crippen molar-refractivity contribution in [3.63, 3.8) is 0 Å². The van der Waals surface area contributed by atoms with E-state index in [1.165, 1.54) is 36.9 Å². The Labute approximate surface area is 159 Å². The van der Waals surface area contributed by atoms with Gasteiger partial charge in [-0.05, 0) is 24.6 Å². The molecular formula is C16H16F3N5O3S. The van der Waals surface area contributed by atoms with Gasteiger partial charge in [0.1, 0.15) is 28.4 Å². The molecule has 0 radical (unpaired) electrons. The molecule has 0 aromatic carbocycles. The van der Waals surface area contributed by atoms with Crippen LogP contribution in [0.3, 0.4) is 0 Å². The third-order valence-electron chi connectivity index (χ3n) is 3.76. The highest BCUT2D eigenvalue weighted by molar-refractivity contribution is 7.89. The minimum absolute atomic E-state index is 0.0647. The van der Waals surface area contributed by atoms with Crippen LogP contribution < -0.4 is 10.0 Å². The van der Waals surface area contributed by atoms with Crippen molar-refractivity contribution in [1.82, 2.24) is 14.3 Å². The third kappa shape index (κ3) is 4.87. The van der Waals surface area contributed by atoms with Gasteiger partial charge in [-0.3, -0.25) is 4.79 Å².